The molecule has 0 saturated heterocycles. The van der Waals surface area contributed by atoms with E-state index in [1.165, 1.54) is 0 Å². The van der Waals surface area contributed by atoms with Crippen LogP contribution in [0.4, 0.5) is 0 Å². The van der Waals surface area contributed by atoms with Gasteiger partial charge in [0.1, 0.15) is 17.7 Å². The second kappa shape index (κ2) is 6.08. The van der Waals surface area contributed by atoms with Gasteiger partial charge >= 0.3 is 0 Å². The lowest BCUT2D eigenvalue weighted by molar-refractivity contribution is 0.758. The number of nitriles is 2. The normalized spacial score (nSPS) is 13.0. The summed E-state index contributed by atoms with van der Waals surface area (Å²) in [6.07, 6.45) is 4.65. The Balaban J connectivity index is 2.14. The average Bonchev–Trinajstić information content (AvgIpc) is 2.93. The maximum Gasteiger partial charge on any atom is 0.153 e. The number of hydrogen-bond acceptors (Lipinski definition) is 4. The van der Waals surface area contributed by atoms with Gasteiger partial charge in [-0.2, -0.15) is 15.6 Å². The molecule has 5 nitrogen and oxygen atoms in total. The largest absolute Gasteiger partial charge is 0.237 e. The van der Waals surface area contributed by atoms with Crippen LogP contribution in [0.15, 0.2) is 41.6 Å². The lowest BCUT2D eigenvalue weighted by Crippen LogP contribution is -2.08. The third kappa shape index (κ3) is 2.63. The Kier molecular flexibility index (Phi) is 3.97. The Morgan fingerprint density at radius 3 is 2.74 bits per heavy atom. The van der Waals surface area contributed by atoms with E-state index < -0.39 is 0 Å². The van der Waals surface area contributed by atoms with Crippen LogP contribution in [0.2, 0.25) is 0 Å². The molecule has 112 valence electrons. The molecule has 0 amide bonds. The van der Waals surface area contributed by atoms with Crippen molar-refractivity contribution < 1.29 is 0 Å². The van der Waals surface area contributed by atoms with Crippen molar-refractivity contribution in [3.63, 3.8) is 0 Å². The summed E-state index contributed by atoms with van der Waals surface area (Å²) in [5, 5.41) is 22.9. The van der Waals surface area contributed by atoms with Crippen molar-refractivity contribution in [2.75, 3.05) is 0 Å². The first-order chi connectivity index (χ1) is 11.2. The molecule has 2 aromatic rings. The quantitative estimate of drug-likeness (QED) is 0.794. The van der Waals surface area contributed by atoms with Crippen LogP contribution in [-0.4, -0.2) is 14.8 Å². The molecule has 0 unspecified atom stereocenters. The minimum Gasteiger partial charge on any atom is -0.237 e. The molecule has 3 rings (SSSR count). The van der Waals surface area contributed by atoms with Gasteiger partial charge in [-0.25, -0.2) is 9.67 Å². The second-order valence-electron chi connectivity index (χ2n) is 5.13. The van der Waals surface area contributed by atoms with Gasteiger partial charge in [0.15, 0.2) is 5.82 Å². The number of aryl methyl sites for hydroxylation is 1. The van der Waals surface area contributed by atoms with E-state index in [-0.39, 0.29) is 5.57 Å². The van der Waals surface area contributed by atoms with Crippen molar-refractivity contribution >= 4 is 16.6 Å². The molecule has 0 saturated carbocycles. The van der Waals surface area contributed by atoms with Crippen LogP contribution in [-0.2, 0) is 6.42 Å². The van der Waals surface area contributed by atoms with Crippen LogP contribution >= 0.6 is 11.6 Å². The molecule has 0 aromatic carbocycles. The highest BCUT2D eigenvalue weighted by Gasteiger charge is 2.25. The van der Waals surface area contributed by atoms with Gasteiger partial charge in [-0.15, -0.1) is 0 Å². The predicted octanol–water partition coefficient (Wildman–Crippen LogP) is 3.45. The smallest absolute Gasteiger partial charge is 0.153 e. The number of allylic oxidation sites excluding steroid dienone is 3. The number of nitrogens with zero attached hydrogens (tertiary/aromatic N) is 5. The molecular weight excluding hydrogens is 310 g/mol. The summed E-state index contributed by atoms with van der Waals surface area (Å²) in [7, 11) is 0. The maximum atomic E-state index is 8.91. The number of fused-ring (bicyclic) bond motifs is 1. The molecule has 0 atom stereocenters. The van der Waals surface area contributed by atoms with E-state index in [0.29, 0.717) is 11.5 Å². The summed E-state index contributed by atoms with van der Waals surface area (Å²) < 4.78 is 1.81. The Labute approximate surface area is 138 Å². The Morgan fingerprint density at radius 1 is 1.30 bits per heavy atom. The summed E-state index contributed by atoms with van der Waals surface area (Å²) in [6, 6.07) is 9.39. The van der Waals surface area contributed by atoms with Gasteiger partial charge < -0.3 is 0 Å². The standard InChI is InChI=1S/C17H12ClN5/c1-11-16-14(23(22-11)15-4-2-3-7-21-15)6-5-13(17(16)18)8-12(9-19)10-20/h2-4,7-8H,5-6H2,1H3. The molecular formula is C17H12ClN5. The fraction of sp³-hybridized carbons (Fsp3) is 0.176. The van der Waals surface area contributed by atoms with Crippen molar-refractivity contribution in [2.45, 2.75) is 19.8 Å². The van der Waals surface area contributed by atoms with E-state index in [1.807, 2.05) is 41.9 Å². The maximum absolute atomic E-state index is 8.91. The molecule has 2 aromatic heterocycles. The lowest BCUT2D eigenvalue weighted by Gasteiger charge is -2.16. The fourth-order valence-corrected chi connectivity index (χ4v) is 3.08. The summed E-state index contributed by atoms with van der Waals surface area (Å²) in [5.74, 6) is 0.745. The van der Waals surface area contributed by atoms with Crippen molar-refractivity contribution in [2.24, 2.45) is 0 Å². The number of aromatic nitrogens is 3. The van der Waals surface area contributed by atoms with E-state index in [1.54, 1.807) is 12.3 Å². The molecule has 1 aliphatic carbocycles. The SMILES string of the molecule is Cc1nn(-c2ccccn2)c2c1C(Cl)=C(C=C(C#N)C#N)CC2. The van der Waals surface area contributed by atoms with Crippen molar-refractivity contribution in [3.05, 3.63) is 58.6 Å². The van der Waals surface area contributed by atoms with Crippen LogP contribution in [0, 0.1) is 29.6 Å². The van der Waals surface area contributed by atoms with Crippen LogP contribution in [0.3, 0.4) is 0 Å². The summed E-state index contributed by atoms with van der Waals surface area (Å²) in [4.78, 5) is 4.33. The Morgan fingerprint density at radius 2 is 2.09 bits per heavy atom. The van der Waals surface area contributed by atoms with Crippen molar-refractivity contribution in [1.82, 2.24) is 14.8 Å². The van der Waals surface area contributed by atoms with Gasteiger partial charge in [0.25, 0.3) is 0 Å². The van der Waals surface area contributed by atoms with Gasteiger partial charge in [0.05, 0.1) is 16.4 Å². The molecule has 0 radical (unpaired) electrons. The molecule has 1 aliphatic rings. The number of rotatable bonds is 2. The van der Waals surface area contributed by atoms with Crippen molar-refractivity contribution in [3.8, 4) is 18.0 Å². The van der Waals surface area contributed by atoms with Gasteiger partial charge in [0, 0.05) is 11.8 Å². The molecule has 0 spiro atoms. The van der Waals surface area contributed by atoms with Crippen LogP contribution in [0.5, 0.6) is 0 Å². The van der Waals surface area contributed by atoms with Crippen LogP contribution in [0.1, 0.15) is 23.4 Å². The molecule has 0 N–H and O–H groups in total. The minimum atomic E-state index is 0.0522. The zero-order valence-electron chi connectivity index (χ0n) is 12.4. The first-order valence-electron chi connectivity index (χ1n) is 7.06. The number of pyridine rings is 1. The van der Waals surface area contributed by atoms with Crippen molar-refractivity contribution in [1.29, 1.82) is 10.5 Å². The van der Waals surface area contributed by atoms with E-state index in [0.717, 1.165) is 34.8 Å². The average molecular weight is 322 g/mol. The molecule has 6 heteroatoms. The van der Waals surface area contributed by atoms with Gasteiger partial charge in [-0.3, -0.25) is 0 Å². The summed E-state index contributed by atoms with van der Waals surface area (Å²) >= 11 is 6.52. The topological polar surface area (TPSA) is 78.3 Å². The third-order valence-electron chi connectivity index (χ3n) is 3.71. The molecule has 0 aliphatic heterocycles. The van der Waals surface area contributed by atoms with E-state index in [4.69, 9.17) is 22.1 Å². The highest BCUT2D eigenvalue weighted by atomic mass is 35.5. The van der Waals surface area contributed by atoms with Gasteiger partial charge in [-0.05, 0) is 43.5 Å². The third-order valence-corrected chi connectivity index (χ3v) is 4.15. The molecule has 0 bridgehead atoms. The minimum absolute atomic E-state index is 0.0522. The van der Waals surface area contributed by atoms with E-state index >= 15 is 0 Å². The molecule has 2 heterocycles. The summed E-state index contributed by atoms with van der Waals surface area (Å²) in [6.45, 7) is 1.89. The Hall–Kier alpha value is -2.89. The highest BCUT2D eigenvalue weighted by molar-refractivity contribution is 6.50. The van der Waals surface area contributed by atoms with E-state index in [2.05, 4.69) is 10.1 Å². The zero-order valence-corrected chi connectivity index (χ0v) is 13.2. The second-order valence-corrected chi connectivity index (χ2v) is 5.51. The molecule has 23 heavy (non-hydrogen) atoms. The van der Waals surface area contributed by atoms with E-state index in [9.17, 15) is 0 Å². The zero-order chi connectivity index (χ0) is 16.4. The first-order valence-corrected chi connectivity index (χ1v) is 7.44. The number of hydrogen-bond donors (Lipinski definition) is 0. The van der Waals surface area contributed by atoms with Gasteiger partial charge in [-0.1, -0.05) is 17.7 Å². The predicted molar refractivity (Wildman–Crippen MR) is 86.5 cm³/mol. The van der Waals surface area contributed by atoms with Crippen LogP contribution in [0.25, 0.3) is 10.9 Å². The fourth-order valence-electron chi connectivity index (χ4n) is 2.68. The molecule has 0 fully saturated rings. The van der Waals surface area contributed by atoms with Crippen LogP contribution < -0.4 is 0 Å². The Bertz CT molecular complexity index is 891. The highest BCUT2D eigenvalue weighted by Crippen LogP contribution is 2.37. The first kappa shape index (κ1) is 15.0. The monoisotopic (exact) mass is 321 g/mol. The summed E-state index contributed by atoms with van der Waals surface area (Å²) in [5.41, 5.74) is 3.51. The van der Waals surface area contributed by atoms with Gasteiger partial charge in [0.2, 0.25) is 0 Å². The lowest BCUT2D eigenvalue weighted by atomic mass is 9.94. The number of halogens is 1.